The molecule has 1 aromatic carbocycles. The molecule has 0 saturated carbocycles. The third-order valence-corrected chi connectivity index (χ3v) is 6.09. The maximum Gasteiger partial charge on any atom is 0.347 e. The number of carboxylic acid groups (broad SMARTS) is 1. The number of nitrogens with one attached hydrogen (secondary N) is 1. The van der Waals surface area contributed by atoms with Crippen LogP contribution < -0.4 is 5.32 Å². The second-order valence-corrected chi connectivity index (χ2v) is 8.38. The second kappa shape index (κ2) is 10.8. The van der Waals surface area contributed by atoms with Crippen LogP contribution in [0.25, 0.3) is 10.4 Å². The summed E-state index contributed by atoms with van der Waals surface area (Å²) in [5.41, 5.74) is 7.81. The monoisotopic (exact) mass is 487 g/mol. The fourth-order valence-corrected chi connectivity index (χ4v) is 4.49. The van der Waals surface area contributed by atoms with Crippen molar-refractivity contribution in [3.8, 4) is 0 Å². The van der Waals surface area contributed by atoms with E-state index in [0.29, 0.717) is 11.8 Å². The highest BCUT2D eigenvalue weighted by Crippen LogP contribution is 2.47. The first-order valence-electron chi connectivity index (χ1n) is 9.31. The number of hydrogen-bond donors (Lipinski definition) is 6. The number of carbonyl (C=O) groups excluding carboxylic acids is 1. The van der Waals surface area contributed by atoms with Crippen molar-refractivity contribution in [2.45, 2.75) is 53.6 Å². The summed E-state index contributed by atoms with van der Waals surface area (Å²) in [5.74, 6) is -2.32. The van der Waals surface area contributed by atoms with Gasteiger partial charge in [0.05, 0.1) is 28.6 Å². The fraction of sp³-hybridized carbons (Fsp3) is 0.529. The number of nitro benzene ring substituents is 1. The van der Waals surface area contributed by atoms with Crippen LogP contribution in [0.4, 0.5) is 11.4 Å². The van der Waals surface area contributed by atoms with Gasteiger partial charge in [0.1, 0.15) is 18.3 Å². The number of aliphatic hydroxyl groups excluding tert-OH is 4. The number of benzene rings is 1. The Hall–Kier alpha value is -2.98. The predicted molar refractivity (Wildman–Crippen MR) is 110 cm³/mol. The lowest BCUT2D eigenvalue weighted by Crippen LogP contribution is -2.66. The van der Waals surface area contributed by atoms with Crippen molar-refractivity contribution < 1.29 is 44.8 Å². The van der Waals surface area contributed by atoms with Gasteiger partial charge >= 0.3 is 5.97 Å². The number of hydrogen-bond acceptors (Lipinski definition) is 11. The zero-order valence-electron chi connectivity index (χ0n) is 17.0. The summed E-state index contributed by atoms with van der Waals surface area (Å²) in [6, 6.07) is 1.88. The lowest BCUT2D eigenvalue weighted by atomic mass is 9.90. The summed E-state index contributed by atoms with van der Waals surface area (Å²) < 4.78 is 5.58. The van der Waals surface area contributed by atoms with Gasteiger partial charge in [-0.15, -0.1) is 0 Å². The molecule has 15 nitrogen and oxygen atoms in total. The van der Waals surface area contributed by atoms with Crippen molar-refractivity contribution in [3.63, 3.8) is 0 Å². The molecule has 1 aromatic rings. The van der Waals surface area contributed by atoms with Gasteiger partial charge in [-0.05, 0) is 11.6 Å². The minimum absolute atomic E-state index is 0.104. The average molecular weight is 487 g/mol. The maximum atomic E-state index is 12.2. The van der Waals surface area contributed by atoms with Crippen molar-refractivity contribution in [2.24, 2.45) is 5.11 Å². The van der Waals surface area contributed by atoms with E-state index in [4.69, 9.17) is 15.4 Å². The van der Waals surface area contributed by atoms with E-state index < -0.39 is 70.9 Å². The topological polar surface area (TPSA) is 248 Å². The molecule has 33 heavy (non-hydrogen) atoms. The number of thioether (sulfide) groups is 1. The van der Waals surface area contributed by atoms with E-state index in [2.05, 4.69) is 15.3 Å². The summed E-state index contributed by atoms with van der Waals surface area (Å²) in [5, 5.41) is 67.1. The predicted octanol–water partition coefficient (Wildman–Crippen LogP) is -0.222. The van der Waals surface area contributed by atoms with E-state index in [-0.39, 0.29) is 10.6 Å². The Labute approximate surface area is 189 Å². The Balaban J connectivity index is 2.54. The number of rotatable bonds is 9. The number of nitrogens with zero attached hydrogens (tertiary/aromatic N) is 4. The molecule has 1 heterocycles. The van der Waals surface area contributed by atoms with Crippen molar-refractivity contribution >= 4 is 35.0 Å². The van der Waals surface area contributed by atoms with Crippen molar-refractivity contribution in [1.29, 1.82) is 0 Å². The number of ether oxygens (including phenoxy) is 1. The van der Waals surface area contributed by atoms with Gasteiger partial charge in [0, 0.05) is 30.0 Å². The third-order valence-electron chi connectivity index (χ3n) is 4.76. The summed E-state index contributed by atoms with van der Waals surface area (Å²) in [4.78, 5) is 34.4. The molecule has 1 saturated heterocycles. The van der Waals surface area contributed by atoms with Crippen LogP contribution >= 0.6 is 11.8 Å². The van der Waals surface area contributed by atoms with Crippen LogP contribution in [-0.4, -0.2) is 84.3 Å². The molecule has 6 N–H and O–H groups in total. The number of carbonyl (C=O) groups is 2. The Morgan fingerprint density at radius 1 is 1.48 bits per heavy atom. The first-order chi connectivity index (χ1) is 15.5. The lowest BCUT2D eigenvalue weighted by molar-refractivity contribution is -0.387. The second-order valence-electron chi connectivity index (χ2n) is 7.08. The third kappa shape index (κ3) is 5.88. The Bertz CT molecular complexity index is 974. The molecule has 16 heteroatoms. The molecule has 1 amide bonds. The van der Waals surface area contributed by atoms with Crippen LogP contribution in [0.5, 0.6) is 0 Å². The van der Waals surface area contributed by atoms with Gasteiger partial charge in [0.25, 0.3) is 5.69 Å². The highest BCUT2D eigenvalue weighted by atomic mass is 32.2. The first kappa shape index (κ1) is 26.3. The van der Waals surface area contributed by atoms with Gasteiger partial charge in [-0.1, -0.05) is 22.9 Å². The number of amides is 1. The Morgan fingerprint density at radius 2 is 2.15 bits per heavy atom. The van der Waals surface area contributed by atoms with Crippen LogP contribution in [0.15, 0.2) is 28.2 Å². The van der Waals surface area contributed by atoms with Gasteiger partial charge in [0.2, 0.25) is 10.8 Å². The molecule has 0 aliphatic carbocycles. The minimum Gasteiger partial charge on any atom is -0.478 e. The molecule has 2 rings (SSSR count). The molecule has 1 fully saturated rings. The van der Waals surface area contributed by atoms with E-state index in [0.717, 1.165) is 19.1 Å². The van der Waals surface area contributed by atoms with E-state index >= 15 is 0 Å². The highest BCUT2D eigenvalue weighted by Gasteiger charge is 2.55. The average Bonchev–Trinajstić information content (AvgIpc) is 2.75. The maximum absolute atomic E-state index is 12.2. The van der Waals surface area contributed by atoms with Crippen molar-refractivity contribution in [2.75, 3.05) is 6.61 Å². The summed E-state index contributed by atoms with van der Waals surface area (Å²) in [6.45, 7) is 0.157. The van der Waals surface area contributed by atoms with Crippen LogP contribution in [-0.2, 0) is 14.3 Å². The summed E-state index contributed by atoms with van der Waals surface area (Å²) >= 11 is 0.341. The van der Waals surface area contributed by atoms with E-state index in [1.807, 2.05) is 0 Å². The first-order valence-corrected chi connectivity index (χ1v) is 10.1. The van der Waals surface area contributed by atoms with Gasteiger partial charge in [-0.3, -0.25) is 14.9 Å². The summed E-state index contributed by atoms with van der Waals surface area (Å²) in [7, 11) is 0. The largest absolute Gasteiger partial charge is 0.478 e. The van der Waals surface area contributed by atoms with E-state index in [9.17, 15) is 40.1 Å². The van der Waals surface area contributed by atoms with Gasteiger partial charge in [0.15, 0.2) is 0 Å². The zero-order chi connectivity index (χ0) is 24.9. The molecular formula is C17H21N5O10S. The molecule has 0 aromatic heterocycles. The zero-order valence-corrected chi connectivity index (χ0v) is 17.8. The SMILES string of the molecule is CC(=O)N[C@H]1C([C@H](O)[C@H](O)CO)O[C@@](Sc2ccc(N=[N+]=[N-])cc2[N+](=O)[O-])(C(=O)O)C[C@@H]1O. The molecule has 1 aliphatic rings. The number of nitro groups is 1. The van der Waals surface area contributed by atoms with Crippen molar-refractivity contribution in [1.82, 2.24) is 5.32 Å². The van der Waals surface area contributed by atoms with Crippen molar-refractivity contribution in [3.05, 3.63) is 38.8 Å². The number of carboxylic acids is 1. The van der Waals surface area contributed by atoms with Gasteiger partial charge in [-0.2, -0.15) is 0 Å². The normalized spacial score (nSPS) is 26.5. The summed E-state index contributed by atoms with van der Waals surface area (Å²) in [6.07, 6.45) is -7.77. The highest BCUT2D eigenvalue weighted by molar-refractivity contribution is 8.01. The van der Waals surface area contributed by atoms with Gasteiger partial charge < -0.3 is 35.6 Å². The minimum atomic E-state index is -2.40. The molecule has 0 radical (unpaired) electrons. The number of aliphatic hydroxyl groups is 4. The Kier molecular flexibility index (Phi) is 8.57. The molecule has 6 atom stereocenters. The molecular weight excluding hydrogens is 466 g/mol. The number of azide groups is 1. The molecule has 180 valence electrons. The van der Waals surface area contributed by atoms with E-state index in [1.165, 1.54) is 6.07 Å². The van der Waals surface area contributed by atoms with Crippen LogP contribution in [0.3, 0.4) is 0 Å². The molecule has 1 unspecified atom stereocenters. The van der Waals surface area contributed by atoms with Crippen LogP contribution in [0.2, 0.25) is 0 Å². The quantitative estimate of drug-likeness (QED) is 0.0872. The van der Waals surface area contributed by atoms with E-state index in [1.54, 1.807) is 0 Å². The standard InChI is InChI=1S/C17H21N5O10S/c1-7(24)19-13-10(25)5-17(16(28)29,32-15(13)14(27)11(26)6-23)33-12-3-2-8(20-21-18)4-9(12)22(30)31/h2-4,10-11,13-15,23,25-27H,5-6H2,1H3,(H,19,24)(H,28,29)/t10-,11+,13+,14+,15?,17-/m0/s1. The molecule has 1 aliphatic heterocycles. The van der Waals surface area contributed by atoms with Crippen LogP contribution in [0, 0.1) is 10.1 Å². The van der Waals surface area contributed by atoms with Gasteiger partial charge in [-0.25, -0.2) is 4.79 Å². The Morgan fingerprint density at radius 3 is 2.67 bits per heavy atom. The fourth-order valence-electron chi connectivity index (χ4n) is 3.26. The van der Waals surface area contributed by atoms with Crippen LogP contribution in [0.1, 0.15) is 13.3 Å². The lowest BCUT2D eigenvalue weighted by Gasteiger charge is -2.46. The smallest absolute Gasteiger partial charge is 0.347 e. The molecule has 0 bridgehead atoms. The molecule has 0 spiro atoms. The number of aliphatic carboxylic acids is 1.